The molecule has 0 spiro atoms. The summed E-state index contributed by atoms with van der Waals surface area (Å²) in [5.74, 6) is 0.839. The standard InChI is InChI=1S/C15H31N3O3/c1-3-19-10-5-8-17-15(16-2)18-9-6-11-20-13-14-7-4-12-21-14/h14H,3-13H2,1-2H3,(H2,16,17,18). The molecule has 1 rings (SSSR count). The predicted octanol–water partition coefficient (Wildman–Crippen LogP) is 1.16. The lowest BCUT2D eigenvalue weighted by atomic mass is 10.2. The van der Waals surface area contributed by atoms with Gasteiger partial charge in [0.25, 0.3) is 0 Å². The lowest BCUT2D eigenvalue weighted by Crippen LogP contribution is -2.38. The Hall–Kier alpha value is -0.850. The molecule has 1 aliphatic heterocycles. The van der Waals surface area contributed by atoms with Crippen LogP contribution in [0, 0.1) is 0 Å². The molecular formula is C15H31N3O3. The number of nitrogens with one attached hydrogen (secondary N) is 2. The van der Waals surface area contributed by atoms with E-state index in [4.69, 9.17) is 14.2 Å². The van der Waals surface area contributed by atoms with Gasteiger partial charge in [0.05, 0.1) is 12.7 Å². The molecule has 0 aromatic carbocycles. The molecule has 21 heavy (non-hydrogen) atoms. The van der Waals surface area contributed by atoms with Gasteiger partial charge in [0, 0.05) is 46.6 Å². The van der Waals surface area contributed by atoms with Crippen molar-refractivity contribution in [2.75, 3.05) is 53.2 Å². The first-order valence-electron chi connectivity index (χ1n) is 8.08. The maximum absolute atomic E-state index is 5.62. The van der Waals surface area contributed by atoms with Crippen LogP contribution in [0.1, 0.15) is 32.6 Å². The normalized spacial score (nSPS) is 19.0. The highest BCUT2D eigenvalue weighted by molar-refractivity contribution is 5.79. The minimum Gasteiger partial charge on any atom is -0.382 e. The predicted molar refractivity (Wildman–Crippen MR) is 84.9 cm³/mol. The SMILES string of the molecule is CCOCCCNC(=NC)NCCCOCC1CCCO1. The summed E-state index contributed by atoms with van der Waals surface area (Å²) < 4.78 is 16.4. The second-order valence-electron chi connectivity index (χ2n) is 5.04. The molecule has 0 aliphatic carbocycles. The van der Waals surface area contributed by atoms with Crippen molar-refractivity contribution in [2.24, 2.45) is 4.99 Å². The van der Waals surface area contributed by atoms with Crippen molar-refractivity contribution in [2.45, 2.75) is 38.7 Å². The Balaban J connectivity index is 1.89. The van der Waals surface area contributed by atoms with Crippen LogP contribution in [0.15, 0.2) is 4.99 Å². The Bertz CT molecular complexity index is 269. The van der Waals surface area contributed by atoms with Crippen molar-refractivity contribution in [3.63, 3.8) is 0 Å². The molecule has 0 aromatic heterocycles. The van der Waals surface area contributed by atoms with Gasteiger partial charge in [0.1, 0.15) is 0 Å². The highest BCUT2D eigenvalue weighted by Gasteiger charge is 2.14. The van der Waals surface area contributed by atoms with Crippen LogP contribution in [0.3, 0.4) is 0 Å². The van der Waals surface area contributed by atoms with Crippen molar-refractivity contribution >= 4 is 5.96 Å². The van der Waals surface area contributed by atoms with Gasteiger partial charge in [0.2, 0.25) is 0 Å². The summed E-state index contributed by atoms with van der Waals surface area (Å²) in [4.78, 5) is 4.18. The Labute approximate surface area is 128 Å². The van der Waals surface area contributed by atoms with Gasteiger partial charge in [-0.25, -0.2) is 0 Å². The Morgan fingerprint density at radius 3 is 2.48 bits per heavy atom. The number of guanidine groups is 1. The summed E-state index contributed by atoms with van der Waals surface area (Å²) in [5.41, 5.74) is 0. The minimum atomic E-state index is 0.317. The zero-order valence-electron chi connectivity index (χ0n) is 13.5. The molecule has 1 unspecified atom stereocenters. The minimum absolute atomic E-state index is 0.317. The van der Waals surface area contributed by atoms with Gasteiger partial charge in [-0.05, 0) is 32.6 Å². The fourth-order valence-electron chi connectivity index (χ4n) is 2.12. The second kappa shape index (κ2) is 12.9. The van der Waals surface area contributed by atoms with E-state index < -0.39 is 0 Å². The smallest absolute Gasteiger partial charge is 0.190 e. The monoisotopic (exact) mass is 301 g/mol. The first-order valence-corrected chi connectivity index (χ1v) is 8.08. The summed E-state index contributed by atoms with van der Waals surface area (Å²) in [5, 5.41) is 6.54. The summed E-state index contributed by atoms with van der Waals surface area (Å²) >= 11 is 0. The third-order valence-corrected chi connectivity index (χ3v) is 3.27. The maximum atomic E-state index is 5.62. The summed E-state index contributed by atoms with van der Waals surface area (Å²) in [6, 6.07) is 0. The average molecular weight is 301 g/mol. The zero-order chi connectivity index (χ0) is 15.2. The average Bonchev–Trinajstić information content (AvgIpc) is 3.01. The number of hydrogen-bond acceptors (Lipinski definition) is 4. The van der Waals surface area contributed by atoms with Gasteiger partial charge in [0.15, 0.2) is 5.96 Å². The van der Waals surface area contributed by atoms with Crippen molar-refractivity contribution in [3.8, 4) is 0 Å². The molecule has 0 aromatic rings. The molecule has 2 N–H and O–H groups in total. The van der Waals surface area contributed by atoms with E-state index in [-0.39, 0.29) is 0 Å². The van der Waals surface area contributed by atoms with Crippen LogP contribution in [0.4, 0.5) is 0 Å². The fourth-order valence-corrected chi connectivity index (χ4v) is 2.12. The van der Waals surface area contributed by atoms with E-state index in [9.17, 15) is 0 Å². The van der Waals surface area contributed by atoms with Crippen molar-refractivity contribution < 1.29 is 14.2 Å². The highest BCUT2D eigenvalue weighted by Crippen LogP contribution is 2.11. The van der Waals surface area contributed by atoms with Crippen molar-refractivity contribution in [1.82, 2.24) is 10.6 Å². The molecule has 0 amide bonds. The van der Waals surface area contributed by atoms with Crippen LogP contribution in [0.2, 0.25) is 0 Å². The van der Waals surface area contributed by atoms with Gasteiger partial charge >= 0.3 is 0 Å². The quantitative estimate of drug-likeness (QED) is 0.341. The summed E-state index contributed by atoms with van der Waals surface area (Å²) in [6.45, 7) is 7.68. The number of aliphatic imine (C=N–C) groups is 1. The Morgan fingerprint density at radius 1 is 1.19 bits per heavy atom. The number of nitrogens with zero attached hydrogens (tertiary/aromatic N) is 1. The molecule has 1 heterocycles. The van der Waals surface area contributed by atoms with Crippen LogP contribution < -0.4 is 10.6 Å². The first-order chi connectivity index (χ1) is 10.4. The van der Waals surface area contributed by atoms with Crippen LogP contribution >= 0.6 is 0 Å². The van der Waals surface area contributed by atoms with E-state index in [2.05, 4.69) is 15.6 Å². The molecular weight excluding hydrogens is 270 g/mol. The number of ether oxygens (including phenoxy) is 3. The zero-order valence-corrected chi connectivity index (χ0v) is 13.5. The lowest BCUT2D eigenvalue weighted by molar-refractivity contribution is 0.0168. The van der Waals surface area contributed by atoms with Crippen molar-refractivity contribution in [1.29, 1.82) is 0 Å². The first kappa shape index (κ1) is 18.2. The summed E-state index contributed by atoms with van der Waals surface area (Å²) in [7, 11) is 1.78. The van der Waals surface area contributed by atoms with Crippen molar-refractivity contribution in [3.05, 3.63) is 0 Å². The third kappa shape index (κ3) is 9.66. The van der Waals surface area contributed by atoms with E-state index in [1.165, 1.54) is 6.42 Å². The molecule has 124 valence electrons. The number of rotatable bonds is 11. The van der Waals surface area contributed by atoms with Crippen LogP contribution in [0.25, 0.3) is 0 Å². The van der Waals surface area contributed by atoms with Gasteiger partial charge in [-0.2, -0.15) is 0 Å². The molecule has 6 heteroatoms. The van der Waals surface area contributed by atoms with Gasteiger partial charge in [-0.15, -0.1) is 0 Å². The van der Waals surface area contributed by atoms with Gasteiger partial charge < -0.3 is 24.8 Å². The molecule has 1 fully saturated rings. The molecule has 0 bridgehead atoms. The molecule has 0 radical (unpaired) electrons. The lowest BCUT2D eigenvalue weighted by Gasteiger charge is -2.13. The van der Waals surface area contributed by atoms with Crippen LogP contribution in [-0.4, -0.2) is 65.2 Å². The molecule has 0 saturated carbocycles. The molecule has 6 nitrogen and oxygen atoms in total. The van der Waals surface area contributed by atoms with Gasteiger partial charge in [-0.3, -0.25) is 4.99 Å². The number of hydrogen-bond donors (Lipinski definition) is 2. The van der Waals surface area contributed by atoms with Crippen LogP contribution in [0.5, 0.6) is 0 Å². The Kier molecular flexibility index (Phi) is 11.1. The molecule has 1 atom stereocenters. The van der Waals surface area contributed by atoms with E-state index in [1.54, 1.807) is 7.05 Å². The topological polar surface area (TPSA) is 64.1 Å². The summed E-state index contributed by atoms with van der Waals surface area (Å²) in [6.07, 6.45) is 4.57. The molecule has 1 saturated heterocycles. The maximum Gasteiger partial charge on any atom is 0.190 e. The van der Waals surface area contributed by atoms with E-state index in [0.717, 1.165) is 71.3 Å². The third-order valence-electron chi connectivity index (χ3n) is 3.27. The van der Waals surface area contributed by atoms with Crippen LogP contribution in [-0.2, 0) is 14.2 Å². The van der Waals surface area contributed by atoms with E-state index in [1.807, 2.05) is 6.92 Å². The van der Waals surface area contributed by atoms with Gasteiger partial charge in [-0.1, -0.05) is 0 Å². The highest BCUT2D eigenvalue weighted by atomic mass is 16.5. The largest absolute Gasteiger partial charge is 0.382 e. The molecule has 1 aliphatic rings. The van der Waals surface area contributed by atoms with E-state index in [0.29, 0.717) is 6.10 Å². The second-order valence-corrected chi connectivity index (χ2v) is 5.04. The Morgan fingerprint density at radius 2 is 1.90 bits per heavy atom. The van der Waals surface area contributed by atoms with E-state index >= 15 is 0 Å². The fraction of sp³-hybridized carbons (Fsp3) is 0.933.